The van der Waals surface area contributed by atoms with Crippen molar-refractivity contribution in [1.29, 1.82) is 0 Å². The molecule has 0 aliphatic rings. The molecule has 0 saturated carbocycles. The van der Waals surface area contributed by atoms with Gasteiger partial charge in [-0.15, -0.1) is 0 Å². The first-order valence-electron chi connectivity index (χ1n) is 7.43. The first kappa shape index (κ1) is 17.0. The molecule has 0 spiro atoms. The summed E-state index contributed by atoms with van der Waals surface area (Å²) in [6, 6.07) is 0. The summed E-state index contributed by atoms with van der Waals surface area (Å²) in [6.45, 7) is 18.7. The molecule has 0 radical (unpaired) electrons. The average molecular weight is 241 g/mol. The van der Waals surface area contributed by atoms with Crippen LogP contribution in [0.4, 0.5) is 0 Å². The number of rotatable bonds is 8. The fourth-order valence-electron chi connectivity index (χ4n) is 2.04. The smallest absolute Gasteiger partial charge is 0.00205 e. The van der Waals surface area contributed by atoms with E-state index in [9.17, 15) is 0 Å². The van der Waals surface area contributed by atoms with Gasteiger partial charge in [0.1, 0.15) is 0 Å². The molecule has 0 heterocycles. The van der Waals surface area contributed by atoms with E-state index in [-0.39, 0.29) is 0 Å². The molecule has 0 bridgehead atoms. The lowest BCUT2D eigenvalue weighted by Crippen LogP contribution is -2.28. The van der Waals surface area contributed by atoms with Crippen molar-refractivity contribution in [3.05, 3.63) is 0 Å². The summed E-state index contributed by atoms with van der Waals surface area (Å²) in [5.41, 5.74) is 0.499. The predicted molar refractivity (Wildman–Crippen MR) is 79.3 cm³/mol. The normalized spacial score (nSPS) is 16.2. The molecule has 0 aromatic rings. The minimum Gasteiger partial charge on any atom is -0.316 e. The molecule has 0 amide bonds. The van der Waals surface area contributed by atoms with Crippen molar-refractivity contribution in [2.24, 2.45) is 23.2 Å². The topological polar surface area (TPSA) is 12.0 Å². The Morgan fingerprint density at radius 2 is 1.47 bits per heavy atom. The average Bonchev–Trinajstić information content (AvgIpc) is 2.14. The molecule has 1 N–H and O–H groups in total. The molecule has 0 aliphatic carbocycles. The molecule has 2 atom stereocenters. The molecule has 0 aliphatic heterocycles. The van der Waals surface area contributed by atoms with Crippen molar-refractivity contribution in [2.45, 2.75) is 67.7 Å². The lowest BCUT2D eigenvalue weighted by atomic mass is 9.85. The van der Waals surface area contributed by atoms with E-state index >= 15 is 0 Å². The van der Waals surface area contributed by atoms with Crippen LogP contribution in [0, 0.1) is 23.2 Å². The summed E-state index contributed by atoms with van der Waals surface area (Å²) in [7, 11) is 0. The second-order valence-corrected chi connectivity index (χ2v) is 7.46. The second-order valence-electron chi connectivity index (χ2n) is 7.46. The van der Waals surface area contributed by atoms with Gasteiger partial charge in [0, 0.05) is 0 Å². The van der Waals surface area contributed by atoms with E-state index in [1.165, 1.54) is 25.8 Å². The maximum atomic E-state index is 3.57. The van der Waals surface area contributed by atoms with E-state index in [2.05, 4.69) is 53.8 Å². The predicted octanol–water partition coefficient (Wildman–Crippen LogP) is 4.72. The van der Waals surface area contributed by atoms with Gasteiger partial charge < -0.3 is 5.32 Å². The van der Waals surface area contributed by atoms with Gasteiger partial charge in [-0.25, -0.2) is 0 Å². The minimum atomic E-state index is 0.499. The van der Waals surface area contributed by atoms with E-state index in [1.807, 2.05) is 0 Å². The third kappa shape index (κ3) is 10.8. The zero-order chi connectivity index (χ0) is 13.5. The fraction of sp³-hybridized carbons (Fsp3) is 1.00. The summed E-state index contributed by atoms with van der Waals surface area (Å²) in [5, 5.41) is 3.57. The summed E-state index contributed by atoms with van der Waals surface area (Å²) in [6.07, 6.45) is 4.10. The largest absolute Gasteiger partial charge is 0.316 e. The summed E-state index contributed by atoms with van der Waals surface area (Å²) in [5.74, 6) is 2.41. The fourth-order valence-corrected chi connectivity index (χ4v) is 2.04. The van der Waals surface area contributed by atoms with Crippen LogP contribution in [0.15, 0.2) is 0 Å². The van der Waals surface area contributed by atoms with E-state index in [0.717, 1.165) is 24.3 Å². The Kier molecular flexibility index (Phi) is 8.11. The molecule has 2 unspecified atom stereocenters. The van der Waals surface area contributed by atoms with Gasteiger partial charge in [0.05, 0.1) is 0 Å². The number of hydrogen-bond donors (Lipinski definition) is 1. The van der Waals surface area contributed by atoms with Crippen molar-refractivity contribution >= 4 is 0 Å². The van der Waals surface area contributed by atoms with Crippen molar-refractivity contribution < 1.29 is 0 Å². The molecule has 1 nitrogen and oxygen atoms in total. The zero-order valence-electron chi connectivity index (χ0n) is 13.3. The maximum absolute atomic E-state index is 3.57. The van der Waals surface area contributed by atoms with Gasteiger partial charge >= 0.3 is 0 Å². The van der Waals surface area contributed by atoms with Gasteiger partial charge in [-0.05, 0) is 42.7 Å². The number of nitrogens with one attached hydrogen (secondary N) is 1. The maximum Gasteiger partial charge on any atom is -0.00205 e. The molecule has 0 aromatic heterocycles. The monoisotopic (exact) mass is 241 g/mol. The van der Waals surface area contributed by atoms with Crippen LogP contribution in [0.2, 0.25) is 0 Å². The Morgan fingerprint density at radius 1 is 0.882 bits per heavy atom. The SMILES string of the molecule is CC(C)CNCC(C)C(C)CCCC(C)(C)C. The van der Waals surface area contributed by atoms with Crippen LogP contribution in [-0.2, 0) is 0 Å². The van der Waals surface area contributed by atoms with Crippen LogP contribution in [0.25, 0.3) is 0 Å². The Hall–Kier alpha value is -0.0400. The molecular formula is C16H35N. The van der Waals surface area contributed by atoms with Crippen LogP contribution in [0.3, 0.4) is 0 Å². The summed E-state index contributed by atoms with van der Waals surface area (Å²) < 4.78 is 0. The van der Waals surface area contributed by atoms with Crippen LogP contribution >= 0.6 is 0 Å². The Labute approximate surface area is 110 Å². The quantitative estimate of drug-likeness (QED) is 0.648. The Balaban J connectivity index is 3.63. The molecule has 0 saturated heterocycles. The first-order valence-corrected chi connectivity index (χ1v) is 7.43. The van der Waals surface area contributed by atoms with Gasteiger partial charge in [0.2, 0.25) is 0 Å². The van der Waals surface area contributed by atoms with Crippen molar-refractivity contribution in [1.82, 2.24) is 5.32 Å². The molecule has 0 fully saturated rings. The van der Waals surface area contributed by atoms with Crippen molar-refractivity contribution in [3.63, 3.8) is 0 Å². The molecule has 17 heavy (non-hydrogen) atoms. The van der Waals surface area contributed by atoms with Crippen LogP contribution in [0.5, 0.6) is 0 Å². The first-order chi connectivity index (χ1) is 7.72. The van der Waals surface area contributed by atoms with Crippen LogP contribution in [-0.4, -0.2) is 13.1 Å². The highest BCUT2D eigenvalue weighted by molar-refractivity contribution is 4.68. The third-order valence-electron chi connectivity index (χ3n) is 3.58. The molecule has 1 heteroatoms. The highest BCUT2D eigenvalue weighted by Crippen LogP contribution is 2.25. The Morgan fingerprint density at radius 3 is 1.94 bits per heavy atom. The van der Waals surface area contributed by atoms with Crippen molar-refractivity contribution in [3.8, 4) is 0 Å². The zero-order valence-corrected chi connectivity index (χ0v) is 13.3. The van der Waals surface area contributed by atoms with Gasteiger partial charge in [0.15, 0.2) is 0 Å². The molecule has 0 aromatic carbocycles. The lowest BCUT2D eigenvalue weighted by Gasteiger charge is -2.23. The molecular weight excluding hydrogens is 206 g/mol. The lowest BCUT2D eigenvalue weighted by molar-refractivity contribution is 0.298. The minimum absolute atomic E-state index is 0.499. The second kappa shape index (κ2) is 8.13. The van der Waals surface area contributed by atoms with E-state index < -0.39 is 0 Å². The highest BCUT2D eigenvalue weighted by Gasteiger charge is 2.14. The Bertz CT molecular complexity index is 178. The van der Waals surface area contributed by atoms with E-state index in [4.69, 9.17) is 0 Å². The number of hydrogen-bond acceptors (Lipinski definition) is 1. The van der Waals surface area contributed by atoms with Gasteiger partial charge in [-0.2, -0.15) is 0 Å². The van der Waals surface area contributed by atoms with Gasteiger partial charge in [0.25, 0.3) is 0 Å². The molecule has 104 valence electrons. The van der Waals surface area contributed by atoms with E-state index in [0.29, 0.717) is 5.41 Å². The van der Waals surface area contributed by atoms with Crippen LogP contribution < -0.4 is 5.32 Å². The third-order valence-corrected chi connectivity index (χ3v) is 3.58. The van der Waals surface area contributed by atoms with Crippen molar-refractivity contribution in [2.75, 3.05) is 13.1 Å². The van der Waals surface area contributed by atoms with E-state index in [1.54, 1.807) is 0 Å². The highest BCUT2D eigenvalue weighted by atomic mass is 14.9. The summed E-state index contributed by atoms with van der Waals surface area (Å²) in [4.78, 5) is 0. The van der Waals surface area contributed by atoms with Gasteiger partial charge in [-0.1, -0.05) is 61.3 Å². The molecule has 0 rings (SSSR count). The summed E-state index contributed by atoms with van der Waals surface area (Å²) >= 11 is 0. The standard InChI is InChI=1S/C16H35N/c1-13(2)11-17-12-15(4)14(3)9-8-10-16(5,6)7/h13-15,17H,8-12H2,1-7H3. The van der Waals surface area contributed by atoms with Crippen LogP contribution in [0.1, 0.15) is 67.7 Å². The van der Waals surface area contributed by atoms with Gasteiger partial charge in [-0.3, -0.25) is 0 Å².